The Hall–Kier alpha value is -2.63. The van der Waals surface area contributed by atoms with E-state index in [-0.39, 0.29) is 19.4 Å². The van der Waals surface area contributed by atoms with Crippen molar-refractivity contribution in [3.05, 3.63) is 47.8 Å². The predicted molar refractivity (Wildman–Crippen MR) is 228 cm³/mol. The lowest BCUT2D eigenvalue weighted by atomic mass is 10.1. The molecule has 0 bridgehead atoms. The molecular weight excluding hydrogens is 755 g/mol. The Kier molecular flexibility index (Phi) is 27.8. The molecule has 0 radical (unpaired) electrons. The molecule has 0 aliphatic heterocycles. The van der Waals surface area contributed by atoms with Gasteiger partial charge in [0.1, 0.15) is 25.4 Å². The normalized spacial score (nSPS) is 13.9. The summed E-state index contributed by atoms with van der Waals surface area (Å²) in [6, 6.07) is 9.97. The molecule has 0 N–H and O–H groups in total. The van der Waals surface area contributed by atoms with Crippen LogP contribution >= 0.6 is 7.82 Å². The number of nitrogens with zero attached hydrogens (tertiary/aromatic N) is 4. The maximum atomic E-state index is 13.1. The van der Waals surface area contributed by atoms with Crippen molar-refractivity contribution in [1.82, 2.24) is 15.0 Å². The molecule has 3 atom stereocenters. The molecule has 0 aliphatic rings. The van der Waals surface area contributed by atoms with Crippen LogP contribution in [0.15, 0.2) is 36.5 Å². The van der Waals surface area contributed by atoms with E-state index in [4.69, 9.17) is 18.5 Å². The second kappa shape index (κ2) is 31.3. The van der Waals surface area contributed by atoms with Gasteiger partial charge in [0.15, 0.2) is 6.10 Å². The van der Waals surface area contributed by atoms with Gasteiger partial charge in [0.25, 0.3) is 7.82 Å². The van der Waals surface area contributed by atoms with Crippen LogP contribution in [0, 0.1) is 0 Å². The van der Waals surface area contributed by atoms with E-state index in [1.54, 1.807) is 4.68 Å². The number of benzene rings is 1. The van der Waals surface area contributed by atoms with Gasteiger partial charge in [-0.1, -0.05) is 178 Å². The van der Waals surface area contributed by atoms with Crippen molar-refractivity contribution >= 4 is 19.8 Å². The molecule has 0 spiro atoms. The van der Waals surface area contributed by atoms with E-state index in [0.29, 0.717) is 37.0 Å². The van der Waals surface area contributed by atoms with Crippen LogP contribution in [0.25, 0.3) is 0 Å². The lowest BCUT2D eigenvalue weighted by Gasteiger charge is -2.32. The summed E-state index contributed by atoms with van der Waals surface area (Å²) in [7, 11) is -1.10. The number of aromatic nitrogens is 3. The highest BCUT2D eigenvalue weighted by atomic mass is 31.2. The largest absolute Gasteiger partial charge is 0.756 e. The third-order valence-corrected chi connectivity index (χ3v) is 11.4. The molecule has 1 heterocycles. The zero-order valence-electron chi connectivity index (χ0n) is 36.9. The zero-order valence-corrected chi connectivity index (χ0v) is 37.8. The van der Waals surface area contributed by atoms with Crippen LogP contribution in [-0.4, -0.2) is 71.1 Å². The molecule has 0 saturated carbocycles. The molecule has 0 fully saturated rings. The van der Waals surface area contributed by atoms with Gasteiger partial charge in [0, 0.05) is 12.8 Å². The van der Waals surface area contributed by atoms with Crippen LogP contribution in [-0.2, 0) is 45.8 Å². The molecule has 2 aromatic rings. The Bertz CT molecular complexity index is 1390. The molecule has 0 aliphatic carbocycles. The Morgan fingerprint density at radius 1 is 0.724 bits per heavy atom. The average molecular weight is 835 g/mol. The van der Waals surface area contributed by atoms with E-state index in [9.17, 15) is 19.0 Å². The zero-order chi connectivity index (χ0) is 42.3. The van der Waals surface area contributed by atoms with Gasteiger partial charge in [-0.15, -0.1) is 5.10 Å². The van der Waals surface area contributed by atoms with Gasteiger partial charge in [-0.2, -0.15) is 0 Å². The van der Waals surface area contributed by atoms with Gasteiger partial charge in [0.2, 0.25) is 6.29 Å². The van der Waals surface area contributed by atoms with Crippen molar-refractivity contribution in [1.29, 1.82) is 0 Å². The van der Waals surface area contributed by atoms with Crippen LogP contribution < -0.4 is 4.89 Å². The SMILES string of the molecule is CCCCCCCCCCCCCC(=O)OC(OP(=O)([O-])OCC[N+](C)(C)Cc1cn(Cc2ccccc2)nn1)[C@@H](C)OC(=O)CCCCCCCCCCCCC. The molecule has 2 unspecified atom stereocenters. The summed E-state index contributed by atoms with van der Waals surface area (Å²) in [5.41, 5.74) is 1.87. The number of phosphoric ester groups is 1. The fraction of sp³-hybridized carbons (Fsp3) is 0.778. The second-order valence-corrected chi connectivity index (χ2v) is 18.1. The number of unbranched alkanes of at least 4 members (excludes halogenated alkanes) is 20. The van der Waals surface area contributed by atoms with Crippen LogP contribution in [0.2, 0.25) is 0 Å². The number of likely N-dealkylation sites (N-methyl/N-ethyl adjacent to an activating group) is 1. The van der Waals surface area contributed by atoms with Crippen LogP contribution in [0.1, 0.15) is 186 Å². The second-order valence-electron chi connectivity index (χ2n) is 16.7. The van der Waals surface area contributed by atoms with Gasteiger partial charge in [-0.25, -0.2) is 4.68 Å². The summed E-state index contributed by atoms with van der Waals surface area (Å²) < 4.78 is 36.9. The fourth-order valence-corrected chi connectivity index (χ4v) is 7.75. The number of hydrogen-bond acceptors (Lipinski definition) is 10. The Balaban J connectivity index is 1.83. The third-order valence-electron chi connectivity index (χ3n) is 10.5. The summed E-state index contributed by atoms with van der Waals surface area (Å²) in [6.07, 6.45) is 24.7. The van der Waals surface area contributed by atoms with Crippen molar-refractivity contribution < 1.29 is 42.1 Å². The monoisotopic (exact) mass is 835 g/mol. The number of esters is 2. The number of carbonyl (C=O) groups excluding carboxylic acids is 2. The Morgan fingerprint density at radius 2 is 1.19 bits per heavy atom. The first-order valence-electron chi connectivity index (χ1n) is 22.7. The highest BCUT2D eigenvalue weighted by Crippen LogP contribution is 2.41. The number of carbonyl (C=O) groups is 2. The minimum Gasteiger partial charge on any atom is -0.756 e. The van der Waals surface area contributed by atoms with E-state index in [2.05, 4.69) is 24.2 Å². The fourth-order valence-electron chi connectivity index (χ4n) is 6.91. The first kappa shape index (κ1) is 51.5. The molecule has 2 rings (SSSR count). The van der Waals surface area contributed by atoms with Gasteiger partial charge in [0.05, 0.1) is 26.8 Å². The number of hydrogen-bond donors (Lipinski definition) is 0. The van der Waals surface area contributed by atoms with Crippen molar-refractivity contribution in [2.45, 2.75) is 200 Å². The molecular formula is C45H79N4O8P. The van der Waals surface area contributed by atoms with Gasteiger partial charge < -0.3 is 23.4 Å². The van der Waals surface area contributed by atoms with Crippen molar-refractivity contribution in [2.75, 3.05) is 27.2 Å². The molecule has 1 aromatic heterocycles. The molecule has 12 nitrogen and oxygen atoms in total. The number of phosphoric acid groups is 1. The van der Waals surface area contributed by atoms with Gasteiger partial charge in [-0.05, 0) is 25.3 Å². The molecule has 58 heavy (non-hydrogen) atoms. The van der Waals surface area contributed by atoms with Crippen LogP contribution in [0.3, 0.4) is 0 Å². The number of quaternary nitrogens is 1. The highest BCUT2D eigenvalue weighted by Gasteiger charge is 2.31. The van der Waals surface area contributed by atoms with E-state index < -0.39 is 32.2 Å². The summed E-state index contributed by atoms with van der Waals surface area (Å²) in [6.45, 7) is 7.15. The van der Waals surface area contributed by atoms with E-state index in [1.165, 1.54) is 96.8 Å². The predicted octanol–water partition coefficient (Wildman–Crippen LogP) is 10.6. The number of rotatable bonds is 37. The maximum absolute atomic E-state index is 13.1. The van der Waals surface area contributed by atoms with E-state index in [1.807, 2.05) is 50.6 Å². The quantitative estimate of drug-likeness (QED) is 0.0212. The molecule has 0 saturated heterocycles. The standard InChI is InChI=1S/C45H79N4O8P/c1-6-8-10-12-14-16-18-20-22-24-29-33-43(50)55-40(3)45(56-44(51)34-30-25-23-21-19-17-15-13-11-9-7-2)57-58(52,53)54-36-35-49(4,5)39-42-38-48(47-46-42)37-41-31-27-26-28-32-41/h26-28,31-32,38,40,45H,6-25,29-30,33-37,39H2,1-5H3/t40-,45?/m1/s1. The van der Waals surface area contributed by atoms with Crippen molar-refractivity contribution in [3.63, 3.8) is 0 Å². The number of ether oxygens (including phenoxy) is 2. The first-order chi connectivity index (χ1) is 27.9. The van der Waals surface area contributed by atoms with E-state index in [0.717, 1.165) is 49.8 Å². The summed E-state index contributed by atoms with van der Waals surface area (Å²) in [4.78, 5) is 38.8. The average Bonchev–Trinajstić information content (AvgIpc) is 3.61. The van der Waals surface area contributed by atoms with Crippen LogP contribution in [0.4, 0.5) is 0 Å². The minimum absolute atomic E-state index is 0.113. The lowest BCUT2D eigenvalue weighted by Crippen LogP contribution is -2.42. The molecule has 13 heteroatoms. The minimum atomic E-state index is -4.97. The Labute approximate surface area is 351 Å². The van der Waals surface area contributed by atoms with Crippen molar-refractivity contribution in [3.8, 4) is 0 Å². The summed E-state index contributed by atoms with van der Waals surface area (Å²) >= 11 is 0. The Morgan fingerprint density at radius 3 is 1.69 bits per heavy atom. The van der Waals surface area contributed by atoms with Crippen molar-refractivity contribution in [2.24, 2.45) is 0 Å². The molecule has 0 amide bonds. The topological polar surface area (TPSA) is 142 Å². The highest BCUT2D eigenvalue weighted by molar-refractivity contribution is 7.45. The van der Waals surface area contributed by atoms with Gasteiger partial charge in [-0.3, -0.25) is 18.7 Å². The first-order valence-corrected chi connectivity index (χ1v) is 24.2. The van der Waals surface area contributed by atoms with E-state index >= 15 is 0 Å². The van der Waals surface area contributed by atoms with Crippen LogP contribution in [0.5, 0.6) is 0 Å². The molecule has 1 aromatic carbocycles. The molecule has 332 valence electrons. The van der Waals surface area contributed by atoms with Gasteiger partial charge >= 0.3 is 11.9 Å². The smallest absolute Gasteiger partial charge is 0.308 e. The summed E-state index contributed by atoms with van der Waals surface area (Å²) in [5.74, 6) is -1.09. The third kappa shape index (κ3) is 26.5. The summed E-state index contributed by atoms with van der Waals surface area (Å²) in [5, 5.41) is 8.53. The maximum Gasteiger partial charge on any atom is 0.308 e. The lowest BCUT2D eigenvalue weighted by molar-refractivity contribution is -0.904.